The zero-order valence-corrected chi connectivity index (χ0v) is 12.9. The molecular weight excluding hydrogens is 271 g/mol. The summed E-state index contributed by atoms with van der Waals surface area (Å²) in [6.45, 7) is 6.12. The highest BCUT2D eigenvalue weighted by Crippen LogP contribution is 2.10. The fraction of sp³-hybridized carbons (Fsp3) is 0.562. The van der Waals surface area contributed by atoms with E-state index < -0.39 is 0 Å². The molecule has 1 rings (SSSR count). The number of benzene rings is 1. The summed E-state index contributed by atoms with van der Waals surface area (Å²) >= 11 is 0. The van der Waals surface area contributed by atoms with Gasteiger partial charge in [-0.05, 0) is 37.5 Å². The third kappa shape index (κ3) is 7.20. The van der Waals surface area contributed by atoms with Gasteiger partial charge in [-0.2, -0.15) is 0 Å². The number of anilines is 1. The average Bonchev–Trinajstić information content (AvgIpc) is 2.36. The smallest absolute Gasteiger partial charge is 0.225 e. The second kappa shape index (κ2) is 8.74. The molecule has 118 valence electrons. The van der Waals surface area contributed by atoms with Crippen LogP contribution in [-0.4, -0.2) is 29.7 Å². The van der Waals surface area contributed by atoms with E-state index in [0.29, 0.717) is 11.6 Å². The summed E-state index contributed by atoms with van der Waals surface area (Å²) in [5, 5.41) is 15.2. The Kier molecular flexibility index (Phi) is 7.32. The van der Waals surface area contributed by atoms with Crippen molar-refractivity contribution in [2.45, 2.75) is 45.7 Å². The Labute approximate surface area is 125 Å². The van der Waals surface area contributed by atoms with Crippen LogP contribution in [0.25, 0.3) is 0 Å². The molecule has 0 saturated heterocycles. The zero-order valence-electron chi connectivity index (χ0n) is 12.9. The highest BCUT2D eigenvalue weighted by Gasteiger charge is 2.15. The minimum Gasteiger partial charge on any atom is -0.395 e. The van der Waals surface area contributed by atoms with E-state index in [2.05, 4.69) is 24.5 Å². The zero-order chi connectivity index (χ0) is 15.8. The Morgan fingerprint density at radius 1 is 1.33 bits per heavy atom. The molecule has 0 saturated carbocycles. The summed E-state index contributed by atoms with van der Waals surface area (Å²) in [7, 11) is 0. The van der Waals surface area contributed by atoms with Crippen molar-refractivity contribution in [3.05, 3.63) is 30.1 Å². The Balaban J connectivity index is 2.42. The summed E-state index contributed by atoms with van der Waals surface area (Å²) < 4.78 is 13.0. The van der Waals surface area contributed by atoms with E-state index in [-0.39, 0.29) is 36.8 Å². The lowest BCUT2D eigenvalue weighted by atomic mass is 10.0. The molecule has 1 aromatic carbocycles. The fourth-order valence-electron chi connectivity index (χ4n) is 2.28. The van der Waals surface area contributed by atoms with Gasteiger partial charge in [-0.15, -0.1) is 0 Å². The molecule has 21 heavy (non-hydrogen) atoms. The van der Waals surface area contributed by atoms with E-state index in [4.69, 9.17) is 0 Å². The topological polar surface area (TPSA) is 61.4 Å². The number of amides is 1. The molecule has 1 aromatic rings. The van der Waals surface area contributed by atoms with Crippen molar-refractivity contribution in [2.75, 3.05) is 11.9 Å². The molecule has 0 heterocycles. The van der Waals surface area contributed by atoms with Crippen molar-refractivity contribution < 1.29 is 14.3 Å². The van der Waals surface area contributed by atoms with Crippen LogP contribution in [-0.2, 0) is 4.79 Å². The molecular formula is C16H25FN2O2. The highest BCUT2D eigenvalue weighted by atomic mass is 19.1. The molecule has 0 bridgehead atoms. The van der Waals surface area contributed by atoms with E-state index in [0.717, 1.165) is 6.42 Å². The number of hydrogen-bond acceptors (Lipinski definition) is 3. The van der Waals surface area contributed by atoms with Gasteiger partial charge in [-0.3, -0.25) is 4.79 Å². The monoisotopic (exact) mass is 296 g/mol. The maximum atomic E-state index is 13.0. The number of carbonyl (C=O) groups excluding carboxylic acids is 1. The van der Waals surface area contributed by atoms with Crippen LogP contribution in [0.2, 0.25) is 0 Å². The van der Waals surface area contributed by atoms with Gasteiger partial charge in [0.2, 0.25) is 5.91 Å². The molecule has 0 radical (unpaired) electrons. The van der Waals surface area contributed by atoms with Gasteiger partial charge in [0.05, 0.1) is 6.61 Å². The molecule has 0 aliphatic carbocycles. The predicted molar refractivity (Wildman–Crippen MR) is 82.6 cm³/mol. The van der Waals surface area contributed by atoms with Gasteiger partial charge in [0.15, 0.2) is 0 Å². The van der Waals surface area contributed by atoms with Crippen LogP contribution in [0.3, 0.4) is 0 Å². The van der Waals surface area contributed by atoms with E-state index in [1.807, 2.05) is 6.92 Å². The van der Waals surface area contributed by atoms with Crippen LogP contribution in [0.1, 0.15) is 33.6 Å². The Hall–Kier alpha value is -1.46. The van der Waals surface area contributed by atoms with Crippen LogP contribution in [0.5, 0.6) is 0 Å². The van der Waals surface area contributed by atoms with Crippen LogP contribution in [0.4, 0.5) is 10.1 Å². The molecule has 2 unspecified atom stereocenters. The molecule has 2 atom stereocenters. The normalized spacial score (nSPS) is 14.0. The van der Waals surface area contributed by atoms with Crippen molar-refractivity contribution >= 4 is 11.6 Å². The highest BCUT2D eigenvalue weighted by molar-refractivity contribution is 5.91. The molecule has 1 amide bonds. The van der Waals surface area contributed by atoms with E-state index in [1.165, 1.54) is 12.1 Å². The molecule has 0 aromatic heterocycles. The quantitative estimate of drug-likeness (QED) is 0.691. The van der Waals surface area contributed by atoms with Crippen LogP contribution >= 0.6 is 0 Å². The van der Waals surface area contributed by atoms with Crippen molar-refractivity contribution in [2.24, 2.45) is 5.92 Å². The van der Waals surface area contributed by atoms with Crippen molar-refractivity contribution in [3.63, 3.8) is 0 Å². The number of rotatable bonds is 8. The second-order valence-electron chi connectivity index (χ2n) is 5.84. The van der Waals surface area contributed by atoms with Crippen molar-refractivity contribution in [1.29, 1.82) is 0 Å². The summed E-state index contributed by atoms with van der Waals surface area (Å²) in [6.07, 6.45) is 1.12. The van der Waals surface area contributed by atoms with Gasteiger partial charge in [-0.25, -0.2) is 4.39 Å². The second-order valence-corrected chi connectivity index (χ2v) is 5.84. The van der Waals surface area contributed by atoms with E-state index in [1.54, 1.807) is 12.1 Å². The minimum absolute atomic E-state index is 0.0121. The lowest BCUT2D eigenvalue weighted by Gasteiger charge is -2.22. The minimum atomic E-state index is -0.378. The van der Waals surface area contributed by atoms with Crippen LogP contribution in [0.15, 0.2) is 24.3 Å². The molecule has 4 nitrogen and oxygen atoms in total. The number of aliphatic hydroxyl groups excluding tert-OH is 1. The summed E-state index contributed by atoms with van der Waals surface area (Å²) in [5.41, 5.74) is 0.452. The molecule has 0 aliphatic heterocycles. The standard InChI is InChI=1S/C16H25FN2O2/c1-11(2)7-15(10-20)18-12(3)8-16(21)19-14-6-4-5-13(17)9-14/h4-6,9,11-12,15,18,20H,7-8,10H2,1-3H3,(H,19,21). The first kappa shape index (κ1) is 17.6. The van der Waals surface area contributed by atoms with Gasteiger partial charge in [-0.1, -0.05) is 19.9 Å². The number of hydrogen-bond donors (Lipinski definition) is 3. The number of halogens is 1. The van der Waals surface area contributed by atoms with Gasteiger partial charge in [0.25, 0.3) is 0 Å². The Morgan fingerprint density at radius 2 is 2.05 bits per heavy atom. The molecule has 0 aliphatic rings. The lowest BCUT2D eigenvalue weighted by Crippen LogP contribution is -2.41. The maximum Gasteiger partial charge on any atom is 0.225 e. The molecule has 5 heteroatoms. The number of carbonyl (C=O) groups is 1. The Bertz CT molecular complexity index is 452. The lowest BCUT2D eigenvalue weighted by molar-refractivity contribution is -0.116. The van der Waals surface area contributed by atoms with Gasteiger partial charge >= 0.3 is 0 Å². The van der Waals surface area contributed by atoms with E-state index in [9.17, 15) is 14.3 Å². The predicted octanol–water partition coefficient (Wildman–Crippen LogP) is 2.54. The van der Waals surface area contributed by atoms with Crippen molar-refractivity contribution in [3.8, 4) is 0 Å². The molecule has 0 spiro atoms. The largest absolute Gasteiger partial charge is 0.395 e. The first-order valence-corrected chi connectivity index (χ1v) is 7.33. The SMILES string of the molecule is CC(C)CC(CO)NC(C)CC(=O)Nc1cccc(F)c1. The van der Waals surface area contributed by atoms with E-state index >= 15 is 0 Å². The first-order valence-electron chi connectivity index (χ1n) is 7.33. The average molecular weight is 296 g/mol. The third-order valence-corrected chi connectivity index (χ3v) is 3.10. The maximum absolute atomic E-state index is 13.0. The number of aliphatic hydroxyl groups is 1. The summed E-state index contributed by atoms with van der Waals surface area (Å²) in [6, 6.07) is 5.74. The van der Waals surface area contributed by atoms with Crippen LogP contribution in [0, 0.1) is 11.7 Å². The van der Waals surface area contributed by atoms with Gasteiger partial charge in [0, 0.05) is 24.2 Å². The molecule has 0 fully saturated rings. The van der Waals surface area contributed by atoms with Gasteiger partial charge in [0.1, 0.15) is 5.82 Å². The van der Waals surface area contributed by atoms with Gasteiger partial charge < -0.3 is 15.7 Å². The number of nitrogens with one attached hydrogen (secondary N) is 2. The Morgan fingerprint density at radius 3 is 2.62 bits per heavy atom. The van der Waals surface area contributed by atoms with Crippen LogP contribution < -0.4 is 10.6 Å². The fourth-order valence-corrected chi connectivity index (χ4v) is 2.28. The van der Waals surface area contributed by atoms with Crippen molar-refractivity contribution in [1.82, 2.24) is 5.32 Å². The summed E-state index contributed by atoms with van der Waals surface area (Å²) in [5.74, 6) is -0.0824. The third-order valence-electron chi connectivity index (χ3n) is 3.10. The molecule has 3 N–H and O–H groups in total. The summed E-state index contributed by atoms with van der Waals surface area (Å²) in [4.78, 5) is 11.9. The first-order chi connectivity index (χ1) is 9.90.